The van der Waals surface area contributed by atoms with Crippen molar-refractivity contribution in [2.24, 2.45) is 0 Å². The average Bonchev–Trinajstić information content (AvgIpc) is 3.49. The molecule has 4 nitrogen and oxygen atoms in total. The lowest BCUT2D eigenvalue weighted by atomic mass is 10.2. The number of hydrogen-bond acceptors (Lipinski definition) is 3. The summed E-state index contributed by atoms with van der Waals surface area (Å²) >= 11 is 0. The van der Waals surface area contributed by atoms with Gasteiger partial charge in [0, 0.05) is 12.6 Å². The van der Waals surface area contributed by atoms with E-state index in [9.17, 15) is 18.0 Å². The Hall–Kier alpha value is -2.70. The highest BCUT2D eigenvalue weighted by atomic mass is 19.4. The number of alkyl halides is 3. The van der Waals surface area contributed by atoms with Crippen LogP contribution >= 0.6 is 0 Å². The van der Waals surface area contributed by atoms with Gasteiger partial charge in [-0.05, 0) is 42.7 Å². The maximum absolute atomic E-state index is 13.0. The highest BCUT2D eigenvalue weighted by molar-refractivity contribution is 5.78. The van der Waals surface area contributed by atoms with Crippen molar-refractivity contribution >= 4 is 5.91 Å². The first kappa shape index (κ1) is 19.1. The minimum Gasteiger partial charge on any atom is -0.497 e. The van der Waals surface area contributed by atoms with E-state index in [1.54, 1.807) is 24.1 Å². The molecule has 0 spiro atoms. The van der Waals surface area contributed by atoms with E-state index in [0.717, 1.165) is 30.2 Å². The largest absolute Gasteiger partial charge is 0.497 e. The van der Waals surface area contributed by atoms with Gasteiger partial charge in [-0.3, -0.25) is 4.79 Å². The minimum absolute atomic E-state index is 0.112. The normalized spacial score (nSPS) is 13.9. The lowest BCUT2D eigenvalue weighted by Crippen LogP contribution is -2.36. The molecule has 0 heterocycles. The first-order chi connectivity index (χ1) is 12.9. The van der Waals surface area contributed by atoms with Gasteiger partial charge in [-0.1, -0.05) is 24.3 Å². The van der Waals surface area contributed by atoms with Crippen LogP contribution in [0.5, 0.6) is 11.5 Å². The number of para-hydroxylation sites is 1. The summed E-state index contributed by atoms with van der Waals surface area (Å²) < 4.78 is 49.4. The van der Waals surface area contributed by atoms with Crippen molar-refractivity contribution < 1.29 is 27.4 Å². The summed E-state index contributed by atoms with van der Waals surface area (Å²) in [6, 6.07) is 12.4. The number of ether oxygens (including phenoxy) is 2. The molecule has 1 fully saturated rings. The Morgan fingerprint density at radius 2 is 1.78 bits per heavy atom. The molecule has 0 aliphatic heterocycles. The van der Waals surface area contributed by atoms with E-state index in [2.05, 4.69) is 0 Å². The van der Waals surface area contributed by atoms with Crippen LogP contribution in [0.2, 0.25) is 0 Å². The van der Waals surface area contributed by atoms with Gasteiger partial charge in [0.2, 0.25) is 0 Å². The molecular formula is C20H20F3NO3. The van der Waals surface area contributed by atoms with E-state index in [0.29, 0.717) is 6.54 Å². The predicted octanol–water partition coefficient (Wildman–Crippen LogP) is 4.28. The number of carbonyl (C=O) groups is 1. The average molecular weight is 379 g/mol. The number of amides is 1. The topological polar surface area (TPSA) is 38.8 Å². The molecule has 0 radical (unpaired) electrons. The van der Waals surface area contributed by atoms with Crippen LogP contribution < -0.4 is 9.47 Å². The van der Waals surface area contributed by atoms with Crippen molar-refractivity contribution in [2.45, 2.75) is 31.6 Å². The summed E-state index contributed by atoms with van der Waals surface area (Å²) in [5.41, 5.74) is 0.0395. The maximum Gasteiger partial charge on any atom is 0.419 e. The van der Waals surface area contributed by atoms with Crippen LogP contribution in [0.4, 0.5) is 13.2 Å². The van der Waals surface area contributed by atoms with E-state index < -0.39 is 18.3 Å². The molecule has 3 rings (SSSR count). The van der Waals surface area contributed by atoms with Gasteiger partial charge in [0.1, 0.15) is 11.5 Å². The number of hydrogen-bond donors (Lipinski definition) is 0. The Kier molecular flexibility index (Phi) is 5.58. The van der Waals surface area contributed by atoms with Crippen molar-refractivity contribution in [3.8, 4) is 11.5 Å². The SMILES string of the molecule is COc1ccc(CN(C(=O)COc2ccccc2C(F)(F)F)C2CC2)cc1. The van der Waals surface area contributed by atoms with Crippen LogP contribution in [-0.2, 0) is 17.5 Å². The molecule has 1 aliphatic rings. The molecule has 0 saturated heterocycles. The fourth-order valence-electron chi connectivity index (χ4n) is 2.78. The number of nitrogens with zero attached hydrogens (tertiary/aromatic N) is 1. The van der Waals surface area contributed by atoms with Gasteiger partial charge in [-0.25, -0.2) is 0 Å². The third-order valence-corrected chi connectivity index (χ3v) is 4.36. The van der Waals surface area contributed by atoms with Crippen LogP contribution in [0.3, 0.4) is 0 Å². The van der Waals surface area contributed by atoms with Gasteiger partial charge in [-0.15, -0.1) is 0 Å². The number of benzene rings is 2. The molecule has 2 aromatic rings. The van der Waals surface area contributed by atoms with E-state index in [1.807, 2.05) is 12.1 Å². The van der Waals surface area contributed by atoms with Gasteiger partial charge in [0.15, 0.2) is 6.61 Å². The summed E-state index contributed by atoms with van der Waals surface area (Å²) in [6.07, 6.45) is -2.75. The lowest BCUT2D eigenvalue weighted by molar-refractivity contribution is -0.141. The second-order valence-electron chi connectivity index (χ2n) is 6.38. The monoisotopic (exact) mass is 379 g/mol. The molecule has 7 heteroatoms. The van der Waals surface area contributed by atoms with Gasteiger partial charge in [0.05, 0.1) is 12.7 Å². The summed E-state index contributed by atoms with van der Waals surface area (Å²) in [7, 11) is 1.57. The van der Waals surface area contributed by atoms with Crippen molar-refractivity contribution in [3.05, 3.63) is 59.7 Å². The Bertz CT molecular complexity index is 786. The number of methoxy groups -OCH3 is 1. The highest BCUT2D eigenvalue weighted by Crippen LogP contribution is 2.36. The molecule has 0 N–H and O–H groups in total. The molecule has 1 aliphatic carbocycles. The molecule has 1 amide bonds. The molecule has 0 atom stereocenters. The summed E-state index contributed by atoms with van der Waals surface area (Å²) in [4.78, 5) is 14.2. The minimum atomic E-state index is -4.53. The Morgan fingerprint density at radius 3 is 2.37 bits per heavy atom. The summed E-state index contributed by atoms with van der Waals surface area (Å²) in [5.74, 6) is 0.0546. The third kappa shape index (κ3) is 4.93. The second kappa shape index (κ2) is 7.90. The summed E-state index contributed by atoms with van der Waals surface area (Å²) in [6.45, 7) is -0.0441. The Balaban J connectivity index is 1.66. The zero-order valence-electron chi connectivity index (χ0n) is 14.8. The quantitative estimate of drug-likeness (QED) is 0.721. The Morgan fingerprint density at radius 1 is 1.11 bits per heavy atom. The molecule has 0 unspecified atom stereocenters. The first-order valence-corrected chi connectivity index (χ1v) is 8.60. The number of rotatable bonds is 7. The van der Waals surface area contributed by atoms with E-state index in [4.69, 9.17) is 9.47 Å². The van der Waals surface area contributed by atoms with Crippen LogP contribution in [0.1, 0.15) is 24.0 Å². The molecule has 144 valence electrons. The van der Waals surface area contributed by atoms with Crippen LogP contribution in [-0.4, -0.2) is 30.6 Å². The molecular weight excluding hydrogens is 359 g/mol. The Labute approximate surface area is 155 Å². The number of halogens is 3. The van der Waals surface area contributed by atoms with E-state index >= 15 is 0 Å². The standard InChI is InChI=1S/C20H20F3NO3/c1-26-16-10-6-14(7-11-16)12-24(15-8-9-15)19(25)13-27-18-5-3-2-4-17(18)20(21,22)23/h2-7,10-11,15H,8-9,12-13H2,1H3. The first-order valence-electron chi connectivity index (χ1n) is 8.60. The fraction of sp³-hybridized carbons (Fsp3) is 0.350. The molecule has 2 aromatic carbocycles. The zero-order chi connectivity index (χ0) is 19.4. The smallest absolute Gasteiger partial charge is 0.419 e. The maximum atomic E-state index is 13.0. The van der Waals surface area contributed by atoms with Crippen molar-refractivity contribution in [1.82, 2.24) is 4.90 Å². The molecule has 0 aromatic heterocycles. The van der Waals surface area contributed by atoms with E-state index in [-0.39, 0.29) is 17.7 Å². The van der Waals surface area contributed by atoms with E-state index in [1.165, 1.54) is 18.2 Å². The second-order valence-corrected chi connectivity index (χ2v) is 6.38. The van der Waals surface area contributed by atoms with Gasteiger partial charge >= 0.3 is 6.18 Å². The number of carbonyl (C=O) groups excluding carboxylic acids is 1. The van der Waals surface area contributed by atoms with Gasteiger partial charge < -0.3 is 14.4 Å². The molecule has 0 bridgehead atoms. The highest BCUT2D eigenvalue weighted by Gasteiger charge is 2.35. The predicted molar refractivity (Wildman–Crippen MR) is 93.5 cm³/mol. The van der Waals surface area contributed by atoms with Gasteiger partial charge in [0.25, 0.3) is 5.91 Å². The lowest BCUT2D eigenvalue weighted by Gasteiger charge is -2.23. The van der Waals surface area contributed by atoms with Crippen molar-refractivity contribution in [2.75, 3.05) is 13.7 Å². The third-order valence-electron chi connectivity index (χ3n) is 4.36. The zero-order valence-corrected chi connectivity index (χ0v) is 14.8. The van der Waals surface area contributed by atoms with Crippen molar-refractivity contribution in [3.63, 3.8) is 0 Å². The van der Waals surface area contributed by atoms with Crippen LogP contribution in [0.25, 0.3) is 0 Å². The summed E-state index contributed by atoms with van der Waals surface area (Å²) in [5, 5.41) is 0. The van der Waals surface area contributed by atoms with Gasteiger partial charge in [-0.2, -0.15) is 13.2 Å². The van der Waals surface area contributed by atoms with Crippen LogP contribution in [0.15, 0.2) is 48.5 Å². The molecule has 1 saturated carbocycles. The van der Waals surface area contributed by atoms with Crippen molar-refractivity contribution in [1.29, 1.82) is 0 Å². The fourth-order valence-corrected chi connectivity index (χ4v) is 2.78. The van der Waals surface area contributed by atoms with Crippen LogP contribution in [0, 0.1) is 0 Å². The molecule has 27 heavy (non-hydrogen) atoms.